The molecule has 3 saturated carbocycles. The highest BCUT2D eigenvalue weighted by Crippen LogP contribution is 2.41. The van der Waals surface area contributed by atoms with Crippen LogP contribution in [-0.4, -0.2) is 18.0 Å². The van der Waals surface area contributed by atoms with Crippen LogP contribution in [0.15, 0.2) is 30.3 Å². The average molecular weight is 439 g/mol. The van der Waals surface area contributed by atoms with Gasteiger partial charge in [0.1, 0.15) is 6.10 Å². The predicted molar refractivity (Wildman–Crippen MR) is 133 cm³/mol. The summed E-state index contributed by atoms with van der Waals surface area (Å²) in [6, 6.07) is 10.7. The van der Waals surface area contributed by atoms with Crippen molar-refractivity contribution in [3.63, 3.8) is 0 Å². The second kappa shape index (κ2) is 12.4. The molecular weight excluding hydrogens is 392 g/mol. The van der Waals surface area contributed by atoms with Crippen molar-refractivity contribution in [3.05, 3.63) is 35.9 Å². The normalized spacial score (nSPS) is 32.7. The van der Waals surface area contributed by atoms with Gasteiger partial charge in [0, 0.05) is 6.42 Å². The Hall–Kier alpha value is -1.15. The zero-order valence-corrected chi connectivity index (χ0v) is 20.5. The van der Waals surface area contributed by atoms with Crippen molar-refractivity contribution in [2.45, 2.75) is 128 Å². The Morgan fingerprint density at radius 2 is 1.56 bits per heavy atom. The molecule has 1 aromatic rings. The van der Waals surface area contributed by atoms with Crippen LogP contribution in [-0.2, 0) is 9.53 Å². The van der Waals surface area contributed by atoms with Crippen LogP contribution in [0.2, 0.25) is 0 Å². The van der Waals surface area contributed by atoms with E-state index in [0.29, 0.717) is 36.1 Å². The number of carbonyl (C=O) groups excluding carboxylic acids is 1. The average Bonchev–Trinajstić information content (AvgIpc) is 2.79. The number of Topliss-reactive ketones (excluding diaryl/α,β-unsaturated/α-hetero) is 1. The van der Waals surface area contributed by atoms with Gasteiger partial charge in [-0.3, -0.25) is 4.79 Å². The molecule has 178 valence electrons. The third-order valence-corrected chi connectivity index (χ3v) is 8.78. The lowest BCUT2D eigenvalue weighted by molar-refractivity contribution is -0.155. The molecule has 2 heteroatoms. The highest BCUT2D eigenvalue weighted by molar-refractivity contribution is 5.84. The molecule has 2 nitrogen and oxygen atoms in total. The van der Waals surface area contributed by atoms with Crippen LogP contribution in [0.4, 0.5) is 0 Å². The number of ether oxygens (including phenoxy) is 1. The first-order chi connectivity index (χ1) is 15.7. The van der Waals surface area contributed by atoms with E-state index in [4.69, 9.17) is 4.74 Å². The molecule has 3 aliphatic carbocycles. The number of hydrogen-bond acceptors (Lipinski definition) is 2. The summed E-state index contributed by atoms with van der Waals surface area (Å²) >= 11 is 0. The maximum Gasteiger partial charge on any atom is 0.162 e. The lowest BCUT2D eigenvalue weighted by atomic mass is 9.74. The number of ketones is 1. The van der Waals surface area contributed by atoms with Gasteiger partial charge in [-0.1, -0.05) is 95.0 Å². The van der Waals surface area contributed by atoms with Crippen LogP contribution >= 0.6 is 0 Å². The van der Waals surface area contributed by atoms with Gasteiger partial charge in [0.05, 0.1) is 6.10 Å². The molecule has 7 rings (SSSR count). The Morgan fingerprint density at radius 1 is 0.875 bits per heavy atom. The van der Waals surface area contributed by atoms with Gasteiger partial charge in [-0.05, 0) is 67.8 Å². The van der Waals surface area contributed by atoms with Crippen molar-refractivity contribution in [1.29, 1.82) is 0 Å². The molecule has 0 radical (unpaired) electrons. The minimum atomic E-state index is -0.152. The van der Waals surface area contributed by atoms with Crippen LogP contribution in [0.25, 0.3) is 0 Å². The Morgan fingerprint density at radius 3 is 2.25 bits per heavy atom. The molecular formula is C30H46O2. The molecule has 3 heterocycles. The Balaban J connectivity index is 1.54. The lowest BCUT2D eigenvalue weighted by Gasteiger charge is -2.42. The first-order valence-corrected chi connectivity index (χ1v) is 14.0. The van der Waals surface area contributed by atoms with Gasteiger partial charge in [0.15, 0.2) is 5.78 Å². The first kappa shape index (κ1) is 24.0. The fraction of sp³-hybridized carbons (Fsp3) is 0.767. The number of carbonyl (C=O) groups is 1. The number of rotatable bonds is 6. The van der Waals surface area contributed by atoms with E-state index in [2.05, 4.69) is 37.3 Å². The lowest BCUT2D eigenvalue weighted by Crippen LogP contribution is -2.44. The van der Waals surface area contributed by atoms with Crippen molar-refractivity contribution in [2.75, 3.05) is 0 Å². The van der Waals surface area contributed by atoms with E-state index in [-0.39, 0.29) is 6.10 Å². The minimum Gasteiger partial charge on any atom is -0.367 e. The van der Waals surface area contributed by atoms with Crippen molar-refractivity contribution in [1.82, 2.24) is 0 Å². The summed E-state index contributed by atoms with van der Waals surface area (Å²) in [6.07, 6.45) is 20.3. The number of benzene rings is 1. The smallest absolute Gasteiger partial charge is 0.162 e. The van der Waals surface area contributed by atoms with Crippen LogP contribution in [0.5, 0.6) is 0 Å². The molecule has 0 aromatic heterocycles. The van der Waals surface area contributed by atoms with Crippen LogP contribution in [0.3, 0.4) is 0 Å². The highest BCUT2D eigenvalue weighted by Gasteiger charge is 2.40. The molecule has 4 atom stereocenters. The minimum absolute atomic E-state index is 0.152. The Bertz CT molecular complexity index is 669. The summed E-state index contributed by atoms with van der Waals surface area (Å²) in [5.41, 5.74) is 1.33. The Labute approximate surface area is 196 Å². The van der Waals surface area contributed by atoms with E-state index in [1.807, 2.05) is 0 Å². The molecule has 0 spiro atoms. The molecule has 4 unspecified atom stereocenters. The maximum absolute atomic E-state index is 13.8. The summed E-state index contributed by atoms with van der Waals surface area (Å²) in [5, 5.41) is 0. The van der Waals surface area contributed by atoms with Crippen molar-refractivity contribution in [2.24, 2.45) is 17.8 Å². The van der Waals surface area contributed by atoms with Crippen molar-refractivity contribution >= 4 is 5.78 Å². The summed E-state index contributed by atoms with van der Waals surface area (Å²) in [4.78, 5) is 13.8. The zero-order chi connectivity index (χ0) is 22.2. The second-order valence-electron chi connectivity index (χ2n) is 11.1. The molecule has 4 bridgehead atoms. The quantitative estimate of drug-likeness (QED) is 0.447. The maximum atomic E-state index is 13.8. The monoisotopic (exact) mass is 438 g/mol. The predicted octanol–water partition coefficient (Wildman–Crippen LogP) is 8.24. The molecule has 0 amide bonds. The van der Waals surface area contributed by atoms with Crippen molar-refractivity contribution < 1.29 is 9.53 Å². The summed E-state index contributed by atoms with van der Waals surface area (Å²) in [6.45, 7) is 2.24. The first-order valence-electron chi connectivity index (χ1n) is 14.0. The third-order valence-electron chi connectivity index (χ3n) is 8.78. The van der Waals surface area contributed by atoms with Crippen LogP contribution < -0.4 is 0 Å². The van der Waals surface area contributed by atoms with Gasteiger partial charge in [-0.2, -0.15) is 0 Å². The topological polar surface area (TPSA) is 26.3 Å². The van der Waals surface area contributed by atoms with E-state index in [1.54, 1.807) is 0 Å². The van der Waals surface area contributed by atoms with Gasteiger partial charge >= 0.3 is 0 Å². The molecule has 6 fully saturated rings. The van der Waals surface area contributed by atoms with Gasteiger partial charge < -0.3 is 4.74 Å². The molecule has 0 N–H and O–H groups in total. The summed E-state index contributed by atoms with van der Waals surface area (Å²) < 4.78 is 6.83. The van der Waals surface area contributed by atoms with Crippen molar-refractivity contribution in [3.8, 4) is 0 Å². The van der Waals surface area contributed by atoms with E-state index >= 15 is 0 Å². The fourth-order valence-electron chi connectivity index (χ4n) is 7.00. The highest BCUT2D eigenvalue weighted by atomic mass is 16.5. The van der Waals surface area contributed by atoms with Gasteiger partial charge in [-0.25, -0.2) is 0 Å². The Kier molecular flexibility index (Phi) is 9.26. The van der Waals surface area contributed by atoms with Gasteiger partial charge in [0.25, 0.3) is 0 Å². The largest absolute Gasteiger partial charge is 0.367 e. The van der Waals surface area contributed by atoms with Crippen LogP contribution in [0.1, 0.15) is 121 Å². The molecule has 6 aliphatic rings. The zero-order valence-electron chi connectivity index (χ0n) is 20.5. The third kappa shape index (κ3) is 6.46. The van der Waals surface area contributed by atoms with E-state index in [9.17, 15) is 4.79 Å². The summed E-state index contributed by atoms with van der Waals surface area (Å²) in [7, 11) is 0. The molecule has 32 heavy (non-hydrogen) atoms. The van der Waals surface area contributed by atoms with E-state index < -0.39 is 0 Å². The van der Waals surface area contributed by atoms with E-state index in [0.717, 1.165) is 18.8 Å². The fourth-order valence-corrected chi connectivity index (χ4v) is 7.00. The van der Waals surface area contributed by atoms with Gasteiger partial charge in [0.2, 0.25) is 0 Å². The number of hydrogen-bond donors (Lipinski definition) is 0. The second-order valence-corrected chi connectivity index (χ2v) is 11.1. The van der Waals surface area contributed by atoms with E-state index in [1.165, 1.54) is 89.0 Å². The molecule has 1 aromatic carbocycles. The standard InChI is InChI=1S/C30H46O2/c1-2-12-26(24-15-8-5-9-16-24)22-28(31)30-27-19-20-29(32-30)25-17-10-3-6-13-23(21-27)14-7-4-11-18-25/h5,8-9,15-16,23,25-27,29-30H,2-4,6-7,10-14,17-22H2,1H3. The SMILES string of the molecule is CCCC(CC(=O)C1OC2CCC1CC1CCCCCC2CCCCC1)c1ccccc1. The molecule has 3 aliphatic heterocycles. The van der Waals surface area contributed by atoms with Crippen LogP contribution in [0, 0.1) is 17.8 Å². The molecule has 3 saturated heterocycles. The summed E-state index contributed by atoms with van der Waals surface area (Å²) in [5.74, 6) is 2.64. The van der Waals surface area contributed by atoms with Gasteiger partial charge in [-0.15, -0.1) is 0 Å².